The second-order valence-corrected chi connectivity index (χ2v) is 6.71. The summed E-state index contributed by atoms with van der Waals surface area (Å²) < 4.78 is 6.04. The largest absolute Gasteiger partial charge is 0.459 e. The third kappa shape index (κ3) is 3.00. The lowest BCUT2D eigenvalue weighted by molar-refractivity contribution is -0.153. The summed E-state index contributed by atoms with van der Waals surface area (Å²) in [6, 6.07) is 5.10. The lowest BCUT2D eigenvalue weighted by Gasteiger charge is -2.22. The van der Waals surface area contributed by atoms with Crippen LogP contribution in [0.3, 0.4) is 0 Å². The minimum Gasteiger partial charge on any atom is -0.459 e. The fourth-order valence-corrected chi connectivity index (χ4v) is 2.42. The van der Waals surface area contributed by atoms with Crippen LogP contribution in [0.2, 0.25) is 0 Å². The minimum absolute atomic E-state index is 0.255. The first-order chi connectivity index (χ1) is 9.19. The van der Waals surface area contributed by atoms with Gasteiger partial charge in [0.15, 0.2) is 0 Å². The molecule has 1 amide bonds. The van der Waals surface area contributed by atoms with E-state index in [1.54, 1.807) is 39.0 Å². The standard InChI is InChI=1S/C14H14INO4/c1-14(2,3)20-11(17)7-16-10-5-4-8(15)6-9(10)12(18)13(16)19/h4-6H,7H2,1-3H3. The number of fused-ring (bicyclic) bond motifs is 1. The number of carbonyl (C=O) groups excluding carboxylic acids is 3. The molecule has 1 aromatic carbocycles. The number of anilines is 1. The van der Waals surface area contributed by atoms with Crippen LogP contribution in [-0.4, -0.2) is 29.8 Å². The molecule has 2 rings (SSSR count). The normalized spacial score (nSPS) is 14.5. The van der Waals surface area contributed by atoms with Crippen LogP contribution in [0.5, 0.6) is 0 Å². The summed E-state index contributed by atoms with van der Waals surface area (Å²) in [5.41, 5.74) is 0.176. The number of amides is 1. The van der Waals surface area contributed by atoms with Crippen LogP contribution >= 0.6 is 22.6 Å². The molecule has 0 N–H and O–H groups in total. The fraction of sp³-hybridized carbons (Fsp3) is 0.357. The number of hydrogen-bond donors (Lipinski definition) is 0. The van der Waals surface area contributed by atoms with Crippen molar-refractivity contribution >= 4 is 45.9 Å². The third-order valence-corrected chi connectivity index (χ3v) is 3.31. The predicted octanol–water partition coefficient (Wildman–Crippen LogP) is 2.16. The van der Waals surface area contributed by atoms with E-state index < -0.39 is 23.3 Å². The van der Waals surface area contributed by atoms with E-state index in [1.165, 1.54) is 4.90 Å². The maximum Gasteiger partial charge on any atom is 0.326 e. The van der Waals surface area contributed by atoms with E-state index in [-0.39, 0.29) is 6.54 Å². The molecular weight excluding hydrogens is 373 g/mol. The molecule has 1 aliphatic heterocycles. The van der Waals surface area contributed by atoms with E-state index >= 15 is 0 Å². The van der Waals surface area contributed by atoms with Crippen molar-refractivity contribution in [2.24, 2.45) is 0 Å². The van der Waals surface area contributed by atoms with Gasteiger partial charge >= 0.3 is 5.97 Å². The molecule has 0 saturated heterocycles. The average Bonchev–Trinajstić information content (AvgIpc) is 2.52. The number of hydrogen-bond acceptors (Lipinski definition) is 4. The van der Waals surface area contributed by atoms with E-state index in [4.69, 9.17) is 4.74 Å². The highest BCUT2D eigenvalue weighted by Gasteiger charge is 2.37. The Labute approximate surface area is 130 Å². The van der Waals surface area contributed by atoms with E-state index in [0.29, 0.717) is 11.3 Å². The average molecular weight is 387 g/mol. The quantitative estimate of drug-likeness (QED) is 0.443. The third-order valence-electron chi connectivity index (χ3n) is 2.64. The Hall–Kier alpha value is -1.44. The molecule has 1 aliphatic rings. The Morgan fingerprint density at radius 3 is 2.55 bits per heavy atom. The SMILES string of the molecule is CC(C)(C)OC(=O)CN1C(=O)C(=O)c2cc(I)ccc21. The Kier molecular flexibility index (Phi) is 3.86. The second kappa shape index (κ2) is 5.16. The van der Waals surface area contributed by atoms with Crippen LogP contribution in [0.4, 0.5) is 5.69 Å². The molecule has 1 aromatic rings. The Morgan fingerprint density at radius 2 is 1.95 bits per heavy atom. The zero-order chi connectivity index (χ0) is 15.1. The maximum atomic E-state index is 11.9. The van der Waals surface area contributed by atoms with Gasteiger partial charge in [0, 0.05) is 3.57 Å². The van der Waals surface area contributed by atoms with Crippen molar-refractivity contribution in [1.82, 2.24) is 0 Å². The van der Waals surface area contributed by atoms with Crippen LogP contribution < -0.4 is 4.90 Å². The smallest absolute Gasteiger partial charge is 0.326 e. The van der Waals surface area contributed by atoms with Gasteiger partial charge in [0.05, 0.1) is 11.3 Å². The van der Waals surface area contributed by atoms with Crippen LogP contribution in [0, 0.1) is 3.57 Å². The molecule has 0 saturated carbocycles. The number of Topliss-reactive ketones (excluding diaryl/α,β-unsaturated/α-hetero) is 1. The van der Waals surface area contributed by atoms with Crippen molar-refractivity contribution in [3.63, 3.8) is 0 Å². The van der Waals surface area contributed by atoms with Gasteiger partial charge in [-0.3, -0.25) is 19.3 Å². The number of carbonyl (C=O) groups is 3. The Bertz CT molecular complexity index is 604. The van der Waals surface area contributed by atoms with E-state index in [0.717, 1.165) is 3.57 Å². The molecule has 1 heterocycles. The number of ketones is 1. The first kappa shape index (κ1) is 15.0. The maximum absolute atomic E-state index is 11.9. The van der Waals surface area contributed by atoms with Gasteiger partial charge in [-0.2, -0.15) is 0 Å². The van der Waals surface area contributed by atoms with Crippen LogP contribution in [-0.2, 0) is 14.3 Å². The summed E-state index contributed by atoms with van der Waals surface area (Å²) in [4.78, 5) is 36.8. The molecular formula is C14H14INO4. The summed E-state index contributed by atoms with van der Waals surface area (Å²) in [6.07, 6.45) is 0. The van der Waals surface area contributed by atoms with Crippen LogP contribution in [0.15, 0.2) is 18.2 Å². The van der Waals surface area contributed by atoms with Crippen molar-refractivity contribution in [1.29, 1.82) is 0 Å². The molecule has 5 nitrogen and oxygen atoms in total. The van der Waals surface area contributed by atoms with Crippen molar-refractivity contribution in [2.75, 3.05) is 11.4 Å². The fourth-order valence-electron chi connectivity index (χ4n) is 1.93. The van der Waals surface area contributed by atoms with Gasteiger partial charge < -0.3 is 4.74 Å². The van der Waals surface area contributed by atoms with Gasteiger partial charge in [-0.25, -0.2) is 0 Å². The molecule has 6 heteroatoms. The monoisotopic (exact) mass is 387 g/mol. The summed E-state index contributed by atoms with van der Waals surface area (Å²) >= 11 is 2.07. The number of nitrogens with zero attached hydrogens (tertiary/aromatic N) is 1. The molecule has 20 heavy (non-hydrogen) atoms. The number of ether oxygens (including phenoxy) is 1. The number of halogens is 1. The topological polar surface area (TPSA) is 63.7 Å². The molecule has 0 atom stereocenters. The van der Waals surface area contributed by atoms with E-state index in [9.17, 15) is 14.4 Å². The summed E-state index contributed by atoms with van der Waals surface area (Å²) in [5.74, 6) is -1.81. The van der Waals surface area contributed by atoms with Crippen molar-refractivity contribution < 1.29 is 19.1 Å². The zero-order valence-corrected chi connectivity index (χ0v) is 13.6. The van der Waals surface area contributed by atoms with Gasteiger partial charge in [0.1, 0.15) is 12.1 Å². The molecule has 0 radical (unpaired) electrons. The summed E-state index contributed by atoms with van der Waals surface area (Å²) in [7, 11) is 0. The molecule has 0 aromatic heterocycles. The lowest BCUT2D eigenvalue weighted by Crippen LogP contribution is -2.38. The van der Waals surface area contributed by atoms with Gasteiger partial charge in [0.2, 0.25) is 0 Å². The first-order valence-corrected chi connectivity index (χ1v) is 7.14. The van der Waals surface area contributed by atoms with Crippen LogP contribution in [0.1, 0.15) is 31.1 Å². The van der Waals surface area contributed by atoms with E-state index in [1.807, 2.05) is 0 Å². The predicted molar refractivity (Wildman–Crippen MR) is 81.7 cm³/mol. The van der Waals surface area contributed by atoms with Crippen molar-refractivity contribution in [3.05, 3.63) is 27.3 Å². The number of rotatable bonds is 2. The number of benzene rings is 1. The van der Waals surface area contributed by atoms with Crippen molar-refractivity contribution in [3.8, 4) is 0 Å². The molecule has 0 bridgehead atoms. The van der Waals surface area contributed by atoms with Crippen molar-refractivity contribution in [2.45, 2.75) is 26.4 Å². The number of esters is 1. The second-order valence-electron chi connectivity index (χ2n) is 5.47. The van der Waals surface area contributed by atoms with Crippen LogP contribution in [0.25, 0.3) is 0 Å². The molecule has 0 spiro atoms. The van der Waals surface area contributed by atoms with Gasteiger partial charge in [-0.05, 0) is 61.6 Å². The van der Waals surface area contributed by atoms with Gasteiger partial charge in [0.25, 0.3) is 11.7 Å². The highest BCUT2D eigenvalue weighted by molar-refractivity contribution is 14.1. The Morgan fingerprint density at radius 1 is 1.30 bits per heavy atom. The highest BCUT2D eigenvalue weighted by atomic mass is 127. The summed E-state index contributed by atoms with van der Waals surface area (Å²) in [5, 5.41) is 0. The summed E-state index contributed by atoms with van der Waals surface area (Å²) in [6.45, 7) is 4.99. The van der Waals surface area contributed by atoms with Gasteiger partial charge in [-0.15, -0.1) is 0 Å². The highest BCUT2D eigenvalue weighted by Crippen LogP contribution is 2.30. The zero-order valence-electron chi connectivity index (χ0n) is 11.4. The molecule has 0 fully saturated rings. The first-order valence-electron chi connectivity index (χ1n) is 6.06. The molecule has 0 unspecified atom stereocenters. The molecule has 0 aliphatic carbocycles. The van der Waals surface area contributed by atoms with Gasteiger partial charge in [-0.1, -0.05) is 0 Å². The lowest BCUT2D eigenvalue weighted by atomic mass is 10.1. The van der Waals surface area contributed by atoms with E-state index in [2.05, 4.69) is 22.6 Å². The minimum atomic E-state index is -0.687. The molecule has 106 valence electrons. The Balaban J connectivity index is 2.24.